The summed E-state index contributed by atoms with van der Waals surface area (Å²) >= 11 is 0. The van der Waals surface area contributed by atoms with E-state index < -0.39 is 0 Å². The van der Waals surface area contributed by atoms with Gasteiger partial charge in [0.05, 0.1) is 22.2 Å². The molecule has 226 valence electrons. The van der Waals surface area contributed by atoms with Crippen LogP contribution in [0.4, 0.5) is 0 Å². The number of nitrogens with zero attached hydrogens (tertiary/aromatic N) is 2. The highest BCUT2D eigenvalue weighted by Gasteiger charge is 2.34. The van der Waals surface area contributed by atoms with Gasteiger partial charge in [-0.05, 0) is 58.7 Å². The number of allylic oxidation sites excluding steroid dienone is 2. The zero-order valence-corrected chi connectivity index (χ0v) is 26.2. The van der Waals surface area contributed by atoms with Gasteiger partial charge in [-0.15, -0.1) is 0 Å². The maximum absolute atomic E-state index is 6.81. The van der Waals surface area contributed by atoms with Crippen LogP contribution >= 0.6 is 0 Å². The van der Waals surface area contributed by atoms with E-state index in [0.29, 0.717) is 0 Å². The number of fused-ring (bicyclic) bond motifs is 7. The zero-order chi connectivity index (χ0) is 31.6. The van der Waals surface area contributed by atoms with E-state index in [4.69, 9.17) is 9.72 Å². The number of rotatable bonds is 4. The second-order valence-electron chi connectivity index (χ2n) is 12.6. The number of pyridine rings is 1. The standard InChI is InChI=1S/C45H30N2O/c1-3-13-29(14-4-1)32-19-11-23-41-44(32)35-18-8-10-22-40(35)47(41)31-25-26-36-43(27-31)48-42-24-12-20-34(45(36)42)37-28-39(30-15-5-2-6-16-30)46-38-21-9-7-17-33(37)38/h1-26,28,43H,27H2. The number of aromatic nitrogens is 2. The smallest absolute Gasteiger partial charge is 0.130 e. The van der Waals surface area contributed by atoms with Gasteiger partial charge < -0.3 is 9.30 Å². The Kier molecular flexibility index (Phi) is 6.00. The van der Waals surface area contributed by atoms with Crippen LogP contribution in [0, 0.1) is 0 Å². The van der Waals surface area contributed by atoms with Crippen LogP contribution in [0.2, 0.25) is 0 Å². The molecule has 2 aromatic heterocycles. The molecule has 1 aliphatic carbocycles. The van der Waals surface area contributed by atoms with E-state index >= 15 is 0 Å². The van der Waals surface area contributed by atoms with E-state index in [2.05, 4.69) is 162 Å². The molecule has 0 radical (unpaired) electrons. The minimum atomic E-state index is -0.0728. The molecule has 0 saturated heterocycles. The van der Waals surface area contributed by atoms with E-state index in [1.54, 1.807) is 0 Å². The molecule has 3 heteroatoms. The van der Waals surface area contributed by atoms with Crippen molar-refractivity contribution >= 4 is 44.0 Å². The Morgan fingerprint density at radius 3 is 2.10 bits per heavy atom. The molecule has 2 aliphatic rings. The largest absolute Gasteiger partial charge is 0.485 e. The van der Waals surface area contributed by atoms with Crippen LogP contribution < -0.4 is 4.74 Å². The fourth-order valence-corrected chi connectivity index (χ4v) is 7.82. The summed E-state index contributed by atoms with van der Waals surface area (Å²) in [5.41, 5.74) is 14.0. The predicted molar refractivity (Wildman–Crippen MR) is 199 cm³/mol. The van der Waals surface area contributed by atoms with E-state index in [1.165, 1.54) is 60.9 Å². The number of para-hydroxylation sites is 2. The molecular formula is C45H30N2O. The first-order valence-electron chi connectivity index (χ1n) is 16.6. The van der Waals surface area contributed by atoms with Crippen LogP contribution in [0.3, 0.4) is 0 Å². The minimum absolute atomic E-state index is 0.0728. The second kappa shape index (κ2) is 10.7. The first-order chi connectivity index (χ1) is 23.8. The first-order valence-corrected chi connectivity index (χ1v) is 16.6. The third kappa shape index (κ3) is 4.11. The van der Waals surface area contributed by atoms with Crippen molar-refractivity contribution in [2.24, 2.45) is 0 Å². The predicted octanol–water partition coefficient (Wildman–Crippen LogP) is 11.4. The minimum Gasteiger partial charge on any atom is -0.485 e. The Balaban J connectivity index is 1.14. The summed E-state index contributed by atoms with van der Waals surface area (Å²) in [5, 5.41) is 3.69. The Morgan fingerprint density at radius 2 is 1.25 bits per heavy atom. The van der Waals surface area contributed by atoms with E-state index in [9.17, 15) is 0 Å². The van der Waals surface area contributed by atoms with Crippen LogP contribution in [0.1, 0.15) is 12.0 Å². The molecule has 1 atom stereocenters. The molecule has 0 N–H and O–H groups in total. The van der Waals surface area contributed by atoms with Crippen molar-refractivity contribution in [3.63, 3.8) is 0 Å². The van der Waals surface area contributed by atoms with Crippen molar-refractivity contribution in [2.45, 2.75) is 12.5 Å². The SMILES string of the molecule is C1=C2c3c(cccc3-c3cc(-c4ccccc4)nc4ccccc34)OC2CC(n2c3ccccc3c3c(-c4ccccc4)cccc32)=C1. The van der Waals surface area contributed by atoms with Gasteiger partial charge >= 0.3 is 0 Å². The summed E-state index contributed by atoms with van der Waals surface area (Å²) in [7, 11) is 0. The first kappa shape index (κ1) is 27.0. The summed E-state index contributed by atoms with van der Waals surface area (Å²) in [4.78, 5) is 5.06. The zero-order valence-electron chi connectivity index (χ0n) is 26.2. The Bertz CT molecular complexity index is 2610. The van der Waals surface area contributed by atoms with Gasteiger partial charge in [-0.25, -0.2) is 4.98 Å². The lowest BCUT2D eigenvalue weighted by Gasteiger charge is -2.21. The fourth-order valence-electron chi connectivity index (χ4n) is 7.82. The van der Waals surface area contributed by atoms with Gasteiger partial charge in [-0.2, -0.15) is 0 Å². The third-order valence-electron chi connectivity index (χ3n) is 9.93. The second-order valence-corrected chi connectivity index (χ2v) is 12.6. The van der Waals surface area contributed by atoms with E-state index in [1.807, 2.05) is 6.07 Å². The van der Waals surface area contributed by atoms with Crippen LogP contribution in [-0.2, 0) is 0 Å². The molecular weight excluding hydrogens is 585 g/mol. The summed E-state index contributed by atoms with van der Waals surface area (Å²) < 4.78 is 9.25. The van der Waals surface area contributed by atoms with Crippen molar-refractivity contribution in [2.75, 3.05) is 0 Å². The fraction of sp³-hybridized carbons (Fsp3) is 0.0444. The summed E-state index contributed by atoms with van der Waals surface area (Å²) in [6, 6.07) is 53.8. The Labute approximate surface area is 278 Å². The van der Waals surface area contributed by atoms with Crippen LogP contribution in [-0.4, -0.2) is 15.7 Å². The molecule has 48 heavy (non-hydrogen) atoms. The van der Waals surface area contributed by atoms with Crippen LogP contribution in [0.15, 0.2) is 164 Å². The van der Waals surface area contributed by atoms with Crippen LogP contribution in [0.25, 0.3) is 77.5 Å². The average molecular weight is 615 g/mol. The van der Waals surface area contributed by atoms with Crippen molar-refractivity contribution < 1.29 is 4.74 Å². The molecule has 1 aliphatic heterocycles. The maximum atomic E-state index is 6.81. The number of benzene rings is 6. The van der Waals surface area contributed by atoms with Crippen LogP contribution in [0.5, 0.6) is 5.75 Å². The average Bonchev–Trinajstić information content (AvgIpc) is 3.70. The molecule has 0 fully saturated rings. The maximum Gasteiger partial charge on any atom is 0.130 e. The van der Waals surface area contributed by atoms with Crippen molar-refractivity contribution in [1.82, 2.24) is 9.55 Å². The van der Waals surface area contributed by atoms with E-state index in [-0.39, 0.29) is 6.10 Å². The molecule has 3 heterocycles. The number of ether oxygens (including phenoxy) is 1. The van der Waals surface area contributed by atoms with Gasteiger partial charge in [-0.1, -0.05) is 127 Å². The summed E-state index contributed by atoms with van der Waals surface area (Å²) in [6.07, 6.45) is 5.30. The third-order valence-corrected chi connectivity index (χ3v) is 9.93. The van der Waals surface area contributed by atoms with Gasteiger partial charge in [0.25, 0.3) is 0 Å². The number of hydrogen-bond acceptors (Lipinski definition) is 2. The summed E-state index contributed by atoms with van der Waals surface area (Å²) in [6.45, 7) is 0. The number of hydrogen-bond donors (Lipinski definition) is 0. The highest BCUT2D eigenvalue weighted by atomic mass is 16.5. The Morgan fingerprint density at radius 1 is 0.562 bits per heavy atom. The highest BCUT2D eigenvalue weighted by molar-refractivity contribution is 6.16. The topological polar surface area (TPSA) is 27.1 Å². The van der Waals surface area contributed by atoms with Crippen molar-refractivity contribution in [3.8, 4) is 39.3 Å². The molecule has 0 bridgehead atoms. The molecule has 8 aromatic rings. The normalized spacial score (nSPS) is 15.2. The van der Waals surface area contributed by atoms with Crippen molar-refractivity contribution in [1.29, 1.82) is 0 Å². The Hall–Kier alpha value is -6.19. The van der Waals surface area contributed by atoms with Gasteiger partial charge in [0.1, 0.15) is 11.9 Å². The van der Waals surface area contributed by atoms with Gasteiger partial charge in [0, 0.05) is 45.0 Å². The molecule has 10 rings (SSSR count). The molecule has 3 nitrogen and oxygen atoms in total. The molecule has 0 saturated carbocycles. The summed E-state index contributed by atoms with van der Waals surface area (Å²) in [5.74, 6) is 0.939. The quantitative estimate of drug-likeness (QED) is 0.197. The molecule has 6 aromatic carbocycles. The van der Waals surface area contributed by atoms with Gasteiger partial charge in [0.15, 0.2) is 0 Å². The van der Waals surface area contributed by atoms with Gasteiger partial charge in [0.2, 0.25) is 0 Å². The molecule has 0 spiro atoms. The highest BCUT2D eigenvalue weighted by Crippen LogP contribution is 2.49. The van der Waals surface area contributed by atoms with Crippen molar-refractivity contribution in [3.05, 3.63) is 169 Å². The lowest BCUT2D eigenvalue weighted by atomic mass is 9.88. The molecule has 1 unspecified atom stereocenters. The molecule has 0 amide bonds. The van der Waals surface area contributed by atoms with E-state index in [0.717, 1.165) is 34.3 Å². The lowest BCUT2D eigenvalue weighted by Crippen LogP contribution is -2.17. The lowest BCUT2D eigenvalue weighted by molar-refractivity contribution is 0.280. The van der Waals surface area contributed by atoms with Gasteiger partial charge in [-0.3, -0.25) is 0 Å². The monoisotopic (exact) mass is 614 g/mol.